The van der Waals surface area contributed by atoms with Crippen molar-refractivity contribution in [1.29, 1.82) is 0 Å². The fraction of sp³-hybridized carbons (Fsp3) is 0.333. The second kappa shape index (κ2) is 6.79. The van der Waals surface area contributed by atoms with Gasteiger partial charge in [0, 0.05) is 29.1 Å². The van der Waals surface area contributed by atoms with E-state index in [1.807, 2.05) is 0 Å². The summed E-state index contributed by atoms with van der Waals surface area (Å²) < 4.78 is 26.6. The van der Waals surface area contributed by atoms with E-state index in [-0.39, 0.29) is 18.1 Å². The zero-order valence-corrected chi connectivity index (χ0v) is 14.9. The molecule has 0 unspecified atom stereocenters. The van der Waals surface area contributed by atoms with Gasteiger partial charge in [-0.3, -0.25) is 4.79 Å². The van der Waals surface area contributed by atoms with Crippen LogP contribution in [-0.4, -0.2) is 41.9 Å². The first-order chi connectivity index (χ1) is 11.4. The van der Waals surface area contributed by atoms with Crippen LogP contribution in [0.25, 0.3) is 10.6 Å². The number of thiazole rings is 1. The normalized spacial score (nSPS) is 17.0. The monoisotopic (exact) mass is 386 g/mol. The van der Waals surface area contributed by atoms with Crippen molar-refractivity contribution >= 4 is 38.9 Å². The topological polar surface area (TPSA) is 87.6 Å². The average molecular weight is 387 g/mol. The molecule has 1 aliphatic heterocycles. The van der Waals surface area contributed by atoms with E-state index in [1.54, 1.807) is 24.3 Å². The van der Waals surface area contributed by atoms with E-state index in [4.69, 9.17) is 16.7 Å². The maximum Gasteiger partial charge on any atom is 0.306 e. The molecule has 9 heteroatoms. The van der Waals surface area contributed by atoms with E-state index >= 15 is 0 Å². The number of sulfonamides is 1. The van der Waals surface area contributed by atoms with Gasteiger partial charge in [-0.2, -0.15) is 4.31 Å². The summed E-state index contributed by atoms with van der Waals surface area (Å²) >= 11 is 7.10. The lowest BCUT2D eigenvalue weighted by Gasteiger charge is -2.28. The predicted molar refractivity (Wildman–Crippen MR) is 91.7 cm³/mol. The summed E-state index contributed by atoms with van der Waals surface area (Å²) in [6.45, 7) is 0.403. The van der Waals surface area contributed by atoms with E-state index in [1.165, 1.54) is 21.0 Å². The summed E-state index contributed by atoms with van der Waals surface area (Å²) in [6, 6.07) is 7.03. The van der Waals surface area contributed by atoms with E-state index < -0.39 is 21.9 Å². The van der Waals surface area contributed by atoms with Crippen LogP contribution in [0.15, 0.2) is 34.7 Å². The fourth-order valence-corrected chi connectivity index (χ4v) is 5.24. The summed E-state index contributed by atoms with van der Waals surface area (Å²) in [6.07, 6.45) is 0.644. The van der Waals surface area contributed by atoms with Gasteiger partial charge in [-0.15, -0.1) is 11.3 Å². The van der Waals surface area contributed by atoms with Gasteiger partial charge in [0.25, 0.3) is 10.0 Å². The first kappa shape index (κ1) is 17.3. The molecule has 0 spiro atoms. The van der Waals surface area contributed by atoms with Crippen LogP contribution < -0.4 is 0 Å². The smallest absolute Gasteiger partial charge is 0.306 e. The maximum absolute atomic E-state index is 12.7. The molecule has 1 aliphatic rings. The van der Waals surface area contributed by atoms with Crippen LogP contribution in [0.3, 0.4) is 0 Å². The molecule has 6 nitrogen and oxygen atoms in total. The first-order valence-electron chi connectivity index (χ1n) is 7.32. The van der Waals surface area contributed by atoms with Crippen molar-refractivity contribution in [2.75, 3.05) is 13.1 Å². The molecule has 24 heavy (non-hydrogen) atoms. The minimum absolute atomic E-state index is 0.00576. The Morgan fingerprint density at radius 3 is 2.46 bits per heavy atom. The molecule has 0 saturated carbocycles. The van der Waals surface area contributed by atoms with Crippen LogP contribution in [0, 0.1) is 5.92 Å². The summed E-state index contributed by atoms with van der Waals surface area (Å²) in [4.78, 5) is 15.2. The average Bonchev–Trinajstić information content (AvgIpc) is 3.06. The molecule has 3 rings (SSSR count). The Bertz CT molecular complexity index is 841. The summed E-state index contributed by atoms with van der Waals surface area (Å²) in [5.41, 5.74) is 0.801. The minimum atomic E-state index is -3.69. The molecule has 0 atom stereocenters. The molecular formula is C15H15ClN2O4S2. The van der Waals surface area contributed by atoms with E-state index in [9.17, 15) is 13.2 Å². The molecule has 1 N–H and O–H groups in total. The number of carboxylic acid groups (broad SMARTS) is 1. The van der Waals surface area contributed by atoms with Crippen LogP contribution >= 0.6 is 22.9 Å². The molecular weight excluding hydrogens is 372 g/mol. The number of nitrogens with zero attached hydrogens (tertiary/aromatic N) is 2. The van der Waals surface area contributed by atoms with Crippen molar-refractivity contribution in [2.45, 2.75) is 17.9 Å². The number of piperidine rings is 1. The quantitative estimate of drug-likeness (QED) is 0.872. The van der Waals surface area contributed by atoms with Gasteiger partial charge >= 0.3 is 5.97 Å². The number of aliphatic carboxylic acids is 1. The SMILES string of the molecule is O=C(O)C1CCN(S(=O)(=O)c2csc(-c3ccc(Cl)cc3)n2)CC1. The number of carboxylic acids is 1. The van der Waals surface area contributed by atoms with Gasteiger partial charge in [-0.25, -0.2) is 13.4 Å². The van der Waals surface area contributed by atoms with Gasteiger partial charge in [0.2, 0.25) is 0 Å². The second-order valence-corrected chi connectivity index (χ2v) is 8.69. The number of hydrogen-bond acceptors (Lipinski definition) is 5. The predicted octanol–water partition coefficient (Wildman–Crippen LogP) is 2.95. The standard InChI is InChI=1S/C15H15ClN2O4S2/c16-12-3-1-10(2-4-12)14-17-13(9-23-14)24(21,22)18-7-5-11(6-8-18)15(19)20/h1-4,9,11H,5-8H2,(H,19,20). The molecule has 2 heterocycles. The third-order valence-electron chi connectivity index (χ3n) is 3.98. The Morgan fingerprint density at radius 1 is 1.25 bits per heavy atom. The van der Waals surface area contributed by atoms with Crippen LogP contribution in [0.2, 0.25) is 5.02 Å². The zero-order chi connectivity index (χ0) is 17.3. The number of carbonyl (C=O) groups is 1. The molecule has 0 radical (unpaired) electrons. The van der Waals surface area contributed by atoms with Crippen molar-refractivity contribution in [3.8, 4) is 10.6 Å². The van der Waals surface area contributed by atoms with Crippen LogP contribution in [0.5, 0.6) is 0 Å². The number of benzene rings is 1. The summed E-state index contributed by atoms with van der Waals surface area (Å²) in [5.74, 6) is -1.35. The molecule has 128 valence electrons. The van der Waals surface area contributed by atoms with Crippen molar-refractivity contribution < 1.29 is 18.3 Å². The highest BCUT2D eigenvalue weighted by Gasteiger charge is 2.33. The molecule has 1 aromatic carbocycles. The number of hydrogen-bond donors (Lipinski definition) is 1. The Morgan fingerprint density at radius 2 is 1.88 bits per heavy atom. The molecule has 0 aliphatic carbocycles. The van der Waals surface area contributed by atoms with Gasteiger partial charge in [0.15, 0.2) is 5.03 Å². The van der Waals surface area contributed by atoms with E-state index in [0.717, 1.165) is 5.56 Å². The van der Waals surface area contributed by atoms with Crippen LogP contribution in [0.4, 0.5) is 0 Å². The van der Waals surface area contributed by atoms with Crippen molar-refractivity contribution in [3.63, 3.8) is 0 Å². The van der Waals surface area contributed by atoms with E-state index in [0.29, 0.717) is 22.9 Å². The van der Waals surface area contributed by atoms with Crippen LogP contribution in [0.1, 0.15) is 12.8 Å². The number of halogens is 1. The maximum atomic E-state index is 12.7. The van der Waals surface area contributed by atoms with Crippen molar-refractivity contribution in [1.82, 2.24) is 9.29 Å². The second-order valence-electron chi connectivity index (χ2n) is 5.51. The molecule has 0 amide bonds. The van der Waals surface area contributed by atoms with Gasteiger partial charge in [0.05, 0.1) is 5.92 Å². The zero-order valence-electron chi connectivity index (χ0n) is 12.6. The molecule has 0 bridgehead atoms. The summed E-state index contributed by atoms with van der Waals surface area (Å²) in [5, 5.41) is 11.7. The Balaban J connectivity index is 1.79. The highest BCUT2D eigenvalue weighted by Crippen LogP contribution is 2.29. The number of rotatable bonds is 4. The Hall–Kier alpha value is -1.48. The third kappa shape index (κ3) is 3.46. The van der Waals surface area contributed by atoms with E-state index in [2.05, 4.69) is 4.98 Å². The highest BCUT2D eigenvalue weighted by molar-refractivity contribution is 7.89. The Labute approximate surface area is 148 Å². The van der Waals surface area contributed by atoms with Crippen LogP contribution in [-0.2, 0) is 14.8 Å². The fourth-order valence-electron chi connectivity index (χ4n) is 2.58. The largest absolute Gasteiger partial charge is 0.481 e. The van der Waals surface area contributed by atoms with Gasteiger partial charge in [-0.05, 0) is 25.0 Å². The highest BCUT2D eigenvalue weighted by atomic mass is 35.5. The third-order valence-corrected chi connectivity index (χ3v) is 7.06. The van der Waals surface area contributed by atoms with Crippen molar-refractivity contribution in [3.05, 3.63) is 34.7 Å². The van der Waals surface area contributed by atoms with Gasteiger partial charge < -0.3 is 5.11 Å². The molecule has 1 saturated heterocycles. The lowest BCUT2D eigenvalue weighted by atomic mass is 9.99. The van der Waals surface area contributed by atoms with Crippen molar-refractivity contribution in [2.24, 2.45) is 5.92 Å². The number of aromatic nitrogens is 1. The van der Waals surface area contributed by atoms with Gasteiger partial charge in [0.1, 0.15) is 5.01 Å². The first-order valence-corrected chi connectivity index (χ1v) is 10.0. The lowest BCUT2D eigenvalue weighted by molar-refractivity contribution is -0.142. The Kier molecular flexibility index (Phi) is 4.91. The molecule has 1 aromatic heterocycles. The molecule has 2 aromatic rings. The summed E-state index contributed by atoms with van der Waals surface area (Å²) in [7, 11) is -3.69. The van der Waals surface area contributed by atoms with Gasteiger partial charge in [-0.1, -0.05) is 23.7 Å². The minimum Gasteiger partial charge on any atom is -0.481 e. The lowest BCUT2D eigenvalue weighted by Crippen LogP contribution is -2.40. The molecule has 1 fully saturated rings.